The van der Waals surface area contributed by atoms with Gasteiger partial charge in [0, 0.05) is 10.6 Å². The Morgan fingerprint density at radius 1 is 1.30 bits per heavy atom. The SMILES string of the molecule is Cc1nc2ccc(NC(=O)c3cccc(Cl)c3)cn2n1. The minimum absolute atomic E-state index is 0.219. The number of carbonyl (C=O) groups excluding carboxylic acids is 1. The third-order valence-electron chi connectivity index (χ3n) is 2.78. The van der Waals surface area contributed by atoms with E-state index in [4.69, 9.17) is 11.6 Å². The Bertz CT molecular complexity index is 797. The van der Waals surface area contributed by atoms with E-state index in [0.717, 1.165) is 5.65 Å². The van der Waals surface area contributed by atoms with Crippen molar-refractivity contribution in [2.24, 2.45) is 0 Å². The molecule has 0 aliphatic heterocycles. The minimum Gasteiger partial charge on any atom is -0.321 e. The predicted molar refractivity (Wildman–Crippen MR) is 77.1 cm³/mol. The molecular formula is C14H11ClN4O. The smallest absolute Gasteiger partial charge is 0.255 e. The monoisotopic (exact) mass is 286 g/mol. The zero-order valence-corrected chi connectivity index (χ0v) is 11.4. The van der Waals surface area contributed by atoms with Gasteiger partial charge in [-0.3, -0.25) is 4.79 Å². The molecule has 3 rings (SSSR count). The third kappa shape index (κ3) is 2.48. The van der Waals surface area contributed by atoms with Crippen molar-refractivity contribution in [1.29, 1.82) is 0 Å². The van der Waals surface area contributed by atoms with Gasteiger partial charge < -0.3 is 5.32 Å². The van der Waals surface area contributed by atoms with Crippen molar-refractivity contribution in [1.82, 2.24) is 14.6 Å². The number of hydrogen-bond donors (Lipinski definition) is 1. The van der Waals surface area contributed by atoms with Crippen molar-refractivity contribution >= 4 is 28.8 Å². The lowest BCUT2D eigenvalue weighted by molar-refractivity contribution is 0.102. The van der Waals surface area contributed by atoms with Crippen LogP contribution in [0.5, 0.6) is 0 Å². The third-order valence-corrected chi connectivity index (χ3v) is 3.02. The van der Waals surface area contributed by atoms with Crippen molar-refractivity contribution in [3.8, 4) is 0 Å². The van der Waals surface area contributed by atoms with Gasteiger partial charge in [0.2, 0.25) is 0 Å². The van der Waals surface area contributed by atoms with Gasteiger partial charge >= 0.3 is 0 Å². The average molecular weight is 287 g/mol. The number of carbonyl (C=O) groups is 1. The summed E-state index contributed by atoms with van der Waals surface area (Å²) in [6, 6.07) is 10.4. The number of halogens is 1. The summed E-state index contributed by atoms with van der Waals surface area (Å²) in [4.78, 5) is 16.3. The molecule has 0 spiro atoms. The molecule has 1 N–H and O–H groups in total. The van der Waals surface area contributed by atoms with Gasteiger partial charge in [-0.15, -0.1) is 0 Å². The second-order valence-electron chi connectivity index (χ2n) is 4.34. The van der Waals surface area contributed by atoms with E-state index < -0.39 is 0 Å². The van der Waals surface area contributed by atoms with Crippen molar-refractivity contribution in [2.45, 2.75) is 6.92 Å². The van der Waals surface area contributed by atoms with Crippen LogP contribution in [-0.4, -0.2) is 20.5 Å². The molecule has 0 saturated carbocycles. The Morgan fingerprint density at radius 3 is 2.95 bits per heavy atom. The highest BCUT2D eigenvalue weighted by molar-refractivity contribution is 6.31. The zero-order chi connectivity index (χ0) is 14.1. The Hall–Kier alpha value is -2.40. The zero-order valence-electron chi connectivity index (χ0n) is 10.7. The van der Waals surface area contributed by atoms with E-state index in [2.05, 4.69) is 15.4 Å². The van der Waals surface area contributed by atoms with Crippen LogP contribution in [0.25, 0.3) is 5.65 Å². The van der Waals surface area contributed by atoms with Gasteiger partial charge in [0.15, 0.2) is 5.65 Å². The van der Waals surface area contributed by atoms with Gasteiger partial charge in [0.25, 0.3) is 5.91 Å². The molecule has 6 heteroatoms. The Morgan fingerprint density at radius 2 is 2.15 bits per heavy atom. The maximum absolute atomic E-state index is 12.1. The molecule has 3 aromatic rings. The highest BCUT2D eigenvalue weighted by atomic mass is 35.5. The van der Waals surface area contributed by atoms with Gasteiger partial charge in [-0.1, -0.05) is 17.7 Å². The molecule has 1 amide bonds. The van der Waals surface area contributed by atoms with Gasteiger partial charge in [0.1, 0.15) is 5.82 Å². The Balaban J connectivity index is 1.87. The number of nitrogens with zero attached hydrogens (tertiary/aromatic N) is 3. The van der Waals surface area contributed by atoms with E-state index >= 15 is 0 Å². The van der Waals surface area contributed by atoms with Crippen molar-refractivity contribution in [2.75, 3.05) is 5.32 Å². The number of aryl methyl sites for hydroxylation is 1. The molecule has 2 heterocycles. The van der Waals surface area contributed by atoms with Crippen LogP contribution < -0.4 is 5.32 Å². The number of anilines is 1. The van der Waals surface area contributed by atoms with Gasteiger partial charge in [-0.25, -0.2) is 9.50 Å². The molecule has 0 aliphatic rings. The summed E-state index contributed by atoms with van der Waals surface area (Å²) in [7, 11) is 0. The van der Waals surface area contributed by atoms with Crippen LogP contribution in [0.4, 0.5) is 5.69 Å². The van der Waals surface area contributed by atoms with E-state index in [1.165, 1.54) is 0 Å². The first kappa shape index (κ1) is 12.6. The minimum atomic E-state index is -0.219. The van der Waals surface area contributed by atoms with Crippen LogP contribution in [0.2, 0.25) is 5.02 Å². The number of hydrogen-bond acceptors (Lipinski definition) is 3. The molecule has 0 aliphatic carbocycles. The van der Waals surface area contributed by atoms with E-state index in [0.29, 0.717) is 22.1 Å². The van der Waals surface area contributed by atoms with E-state index in [1.807, 2.05) is 6.92 Å². The second kappa shape index (κ2) is 4.94. The number of aromatic nitrogens is 3. The summed E-state index contributed by atoms with van der Waals surface area (Å²) in [5.74, 6) is 0.465. The fraction of sp³-hybridized carbons (Fsp3) is 0.0714. The summed E-state index contributed by atoms with van der Waals surface area (Å²) < 4.78 is 1.63. The Labute approximate surface area is 120 Å². The van der Waals surface area contributed by atoms with E-state index in [1.54, 1.807) is 47.1 Å². The summed E-state index contributed by atoms with van der Waals surface area (Å²) in [5, 5.41) is 7.53. The molecular weight excluding hydrogens is 276 g/mol. The molecule has 0 atom stereocenters. The standard InChI is InChI=1S/C14H11ClN4O/c1-9-16-13-6-5-12(8-19(13)18-9)17-14(20)10-3-2-4-11(15)7-10/h2-8H,1H3,(H,17,20). The van der Waals surface area contributed by atoms with Crippen LogP contribution >= 0.6 is 11.6 Å². The molecule has 0 fully saturated rings. The second-order valence-corrected chi connectivity index (χ2v) is 4.78. The molecule has 0 radical (unpaired) electrons. The van der Waals surface area contributed by atoms with Crippen LogP contribution in [0.3, 0.4) is 0 Å². The predicted octanol–water partition coefficient (Wildman–Crippen LogP) is 2.94. The van der Waals surface area contributed by atoms with Crippen molar-refractivity contribution < 1.29 is 4.79 Å². The topological polar surface area (TPSA) is 59.3 Å². The lowest BCUT2D eigenvalue weighted by Crippen LogP contribution is -2.12. The number of rotatable bonds is 2. The first-order chi connectivity index (χ1) is 9.61. The molecule has 0 bridgehead atoms. The van der Waals surface area contributed by atoms with Crippen LogP contribution in [0, 0.1) is 6.92 Å². The number of pyridine rings is 1. The van der Waals surface area contributed by atoms with E-state index in [9.17, 15) is 4.79 Å². The molecule has 0 saturated heterocycles. The van der Waals surface area contributed by atoms with Crippen LogP contribution in [-0.2, 0) is 0 Å². The number of amides is 1. The van der Waals surface area contributed by atoms with Crippen molar-refractivity contribution in [3.05, 3.63) is 59.0 Å². The maximum atomic E-state index is 12.1. The average Bonchev–Trinajstić information content (AvgIpc) is 2.78. The lowest BCUT2D eigenvalue weighted by atomic mass is 10.2. The number of nitrogens with one attached hydrogen (secondary N) is 1. The van der Waals surface area contributed by atoms with Gasteiger partial charge in [-0.2, -0.15) is 5.10 Å². The summed E-state index contributed by atoms with van der Waals surface area (Å²) in [5.41, 5.74) is 1.89. The highest BCUT2D eigenvalue weighted by Crippen LogP contribution is 2.14. The summed E-state index contributed by atoms with van der Waals surface area (Å²) in [6.07, 6.45) is 1.72. The first-order valence-electron chi connectivity index (χ1n) is 6.02. The van der Waals surface area contributed by atoms with Gasteiger partial charge in [0.05, 0.1) is 11.9 Å². The molecule has 20 heavy (non-hydrogen) atoms. The van der Waals surface area contributed by atoms with E-state index in [-0.39, 0.29) is 5.91 Å². The lowest BCUT2D eigenvalue weighted by Gasteiger charge is -2.05. The summed E-state index contributed by atoms with van der Waals surface area (Å²) >= 11 is 5.87. The molecule has 0 unspecified atom stereocenters. The fourth-order valence-corrected chi connectivity index (χ4v) is 2.09. The van der Waals surface area contributed by atoms with Gasteiger partial charge in [-0.05, 0) is 37.3 Å². The van der Waals surface area contributed by atoms with Crippen LogP contribution in [0.15, 0.2) is 42.6 Å². The van der Waals surface area contributed by atoms with Crippen LogP contribution in [0.1, 0.15) is 16.2 Å². The molecule has 5 nitrogen and oxygen atoms in total. The summed E-state index contributed by atoms with van der Waals surface area (Å²) in [6.45, 7) is 1.82. The quantitative estimate of drug-likeness (QED) is 0.788. The highest BCUT2D eigenvalue weighted by Gasteiger charge is 2.07. The molecule has 1 aromatic carbocycles. The molecule has 2 aromatic heterocycles. The Kier molecular flexibility index (Phi) is 3.12. The fourth-order valence-electron chi connectivity index (χ4n) is 1.90. The maximum Gasteiger partial charge on any atom is 0.255 e. The number of fused-ring (bicyclic) bond motifs is 1. The largest absolute Gasteiger partial charge is 0.321 e. The normalized spacial score (nSPS) is 10.7. The first-order valence-corrected chi connectivity index (χ1v) is 6.39. The number of benzene rings is 1. The van der Waals surface area contributed by atoms with Crippen molar-refractivity contribution in [3.63, 3.8) is 0 Å². The molecule has 100 valence electrons.